The van der Waals surface area contributed by atoms with Gasteiger partial charge in [-0.2, -0.15) is 0 Å². The summed E-state index contributed by atoms with van der Waals surface area (Å²) in [6.07, 6.45) is 5.21. The SMILES string of the molecule is CCCCN1COc2ccc3c4c(c(=O)oc3c2C1)CCC4. The van der Waals surface area contributed by atoms with E-state index in [2.05, 4.69) is 17.9 Å². The van der Waals surface area contributed by atoms with Crippen molar-refractivity contribution in [2.75, 3.05) is 13.3 Å². The van der Waals surface area contributed by atoms with Crippen LogP contribution >= 0.6 is 0 Å². The van der Waals surface area contributed by atoms with Crippen molar-refractivity contribution in [2.24, 2.45) is 0 Å². The number of nitrogens with zero attached hydrogens (tertiary/aromatic N) is 1. The van der Waals surface area contributed by atoms with E-state index in [4.69, 9.17) is 9.15 Å². The van der Waals surface area contributed by atoms with Crippen LogP contribution in [-0.2, 0) is 19.4 Å². The molecule has 0 unspecified atom stereocenters. The van der Waals surface area contributed by atoms with Gasteiger partial charge in [0.15, 0.2) is 0 Å². The third-order valence-electron chi connectivity index (χ3n) is 4.81. The van der Waals surface area contributed by atoms with E-state index in [0.29, 0.717) is 6.73 Å². The third kappa shape index (κ3) is 2.13. The predicted molar refractivity (Wildman–Crippen MR) is 85.3 cm³/mol. The largest absolute Gasteiger partial charge is 0.478 e. The number of hydrogen-bond donors (Lipinski definition) is 0. The monoisotopic (exact) mass is 299 g/mol. The molecule has 4 rings (SSSR count). The molecular formula is C18H21NO3. The Morgan fingerprint density at radius 2 is 2.05 bits per heavy atom. The number of rotatable bonds is 3. The average molecular weight is 299 g/mol. The maximum absolute atomic E-state index is 12.2. The van der Waals surface area contributed by atoms with Gasteiger partial charge in [0.25, 0.3) is 0 Å². The Bertz CT molecular complexity index is 778. The summed E-state index contributed by atoms with van der Waals surface area (Å²) in [5.74, 6) is 0.862. The molecule has 2 aliphatic rings. The fourth-order valence-corrected chi connectivity index (χ4v) is 3.62. The summed E-state index contributed by atoms with van der Waals surface area (Å²) in [6, 6.07) is 4.09. The van der Waals surface area contributed by atoms with Crippen molar-refractivity contribution >= 4 is 11.0 Å². The highest BCUT2D eigenvalue weighted by Gasteiger charge is 2.25. The minimum Gasteiger partial charge on any atom is -0.478 e. The Kier molecular flexibility index (Phi) is 3.41. The molecule has 2 aromatic rings. The Labute approximate surface area is 129 Å². The lowest BCUT2D eigenvalue weighted by Gasteiger charge is -2.29. The summed E-state index contributed by atoms with van der Waals surface area (Å²) in [4.78, 5) is 14.5. The summed E-state index contributed by atoms with van der Waals surface area (Å²) in [5, 5.41) is 1.10. The Morgan fingerprint density at radius 1 is 1.18 bits per heavy atom. The Balaban J connectivity index is 1.83. The first-order chi connectivity index (χ1) is 10.8. The summed E-state index contributed by atoms with van der Waals surface area (Å²) in [5.41, 5.74) is 3.70. The molecule has 0 radical (unpaired) electrons. The van der Waals surface area contributed by atoms with Crippen molar-refractivity contribution in [3.05, 3.63) is 39.2 Å². The fourth-order valence-electron chi connectivity index (χ4n) is 3.62. The van der Waals surface area contributed by atoms with Gasteiger partial charge in [-0.25, -0.2) is 4.79 Å². The van der Waals surface area contributed by atoms with Gasteiger partial charge in [-0.05, 0) is 43.4 Å². The van der Waals surface area contributed by atoms with Gasteiger partial charge in [0, 0.05) is 24.0 Å². The molecule has 0 saturated heterocycles. The van der Waals surface area contributed by atoms with E-state index < -0.39 is 0 Å². The summed E-state index contributed by atoms with van der Waals surface area (Å²) < 4.78 is 11.6. The van der Waals surface area contributed by atoms with Crippen molar-refractivity contribution in [1.29, 1.82) is 0 Å². The van der Waals surface area contributed by atoms with E-state index in [-0.39, 0.29) is 5.63 Å². The first-order valence-corrected chi connectivity index (χ1v) is 8.23. The van der Waals surface area contributed by atoms with Gasteiger partial charge in [0.1, 0.15) is 18.1 Å². The third-order valence-corrected chi connectivity index (χ3v) is 4.81. The minimum absolute atomic E-state index is 0.154. The molecule has 0 spiro atoms. The van der Waals surface area contributed by atoms with Gasteiger partial charge in [-0.1, -0.05) is 13.3 Å². The lowest BCUT2D eigenvalue weighted by atomic mass is 10.0. The standard InChI is InChI=1S/C18H21NO3/c1-2-3-9-19-10-15-16(21-11-19)8-7-13-12-5-4-6-14(12)18(20)22-17(13)15/h7-8H,2-6,9-11H2,1H3. The fraction of sp³-hybridized carbons (Fsp3) is 0.500. The van der Waals surface area contributed by atoms with Crippen molar-refractivity contribution in [2.45, 2.75) is 45.6 Å². The number of benzene rings is 1. The van der Waals surface area contributed by atoms with Gasteiger partial charge in [0.2, 0.25) is 0 Å². The molecule has 22 heavy (non-hydrogen) atoms. The lowest BCUT2D eigenvalue weighted by molar-refractivity contribution is 0.0943. The molecule has 0 atom stereocenters. The van der Waals surface area contributed by atoms with Crippen LogP contribution in [0.2, 0.25) is 0 Å². The molecule has 4 nitrogen and oxygen atoms in total. The first-order valence-electron chi connectivity index (χ1n) is 8.23. The van der Waals surface area contributed by atoms with Crippen molar-refractivity contribution in [3.63, 3.8) is 0 Å². The van der Waals surface area contributed by atoms with E-state index in [1.165, 1.54) is 12.0 Å². The number of unbranched alkanes of at least 4 members (excludes halogenated alkanes) is 1. The molecule has 1 aromatic carbocycles. The van der Waals surface area contributed by atoms with Gasteiger partial charge >= 0.3 is 5.63 Å². The van der Waals surface area contributed by atoms with Gasteiger partial charge < -0.3 is 9.15 Å². The molecule has 0 bridgehead atoms. The van der Waals surface area contributed by atoms with Crippen LogP contribution < -0.4 is 10.4 Å². The second-order valence-corrected chi connectivity index (χ2v) is 6.30. The topological polar surface area (TPSA) is 42.7 Å². The molecule has 0 amide bonds. The predicted octanol–water partition coefficient (Wildman–Crippen LogP) is 3.23. The molecule has 1 aliphatic carbocycles. The van der Waals surface area contributed by atoms with Gasteiger partial charge in [-0.3, -0.25) is 4.90 Å². The first kappa shape index (κ1) is 13.8. The summed E-state index contributed by atoms with van der Waals surface area (Å²) in [7, 11) is 0. The number of hydrogen-bond acceptors (Lipinski definition) is 4. The molecule has 116 valence electrons. The van der Waals surface area contributed by atoms with Crippen LogP contribution in [0.4, 0.5) is 0 Å². The van der Waals surface area contributed by atoms with Crippen molar-refractivity contribution < 1.29 is 9.15 Å². The number of aryl methyl sites for hydroxylation is 1. The van der Waals surface area contributed by atoms with Crippen molar-refractivity contribution in [3.8, 4) is 5.75 Å². The van der Waals surface area contributed by atoms with Crippen LogP contribution in [0.3, 0.4) is 0 Å². The molecule has 0 fully saturated rings. The molecule has 1 aliphatic heterocycles. The van der Waals surface area contributed by atoms with Gasteiger partial charge in [0.05, 0.1) is 5.56 Å². The zero-order valence-corrected chi connectivity index (χ0v) is 13.0. The molecule has 0 saturated carbocycles. The van der Waals surface area contributed by atoms with Gasteiger partial charge in [-0.15, -0.1) is 0 Å². The quantitative estimate of drug-likeness (QED) is 0.816. The zero-order chi connectivity index (χ0) is 15.1. The number of fused-ring (bicyclic) bond motifs is 5. The second-order valence-electron chi connectivity index (χ2n) is 6.30. The Morgan fingerprint density at radius 3 is 2.91 bits per heavy atom. The maximum atomic E-state index is 12.2. The number of ether oxygens (including phenoxy) is 1. The van der Waals surface area contributed by atoms with E-state index in [0.717, 1.165) is 66.6 Å². The van der Waals surface area contributed by atoms with Crippen molar-refractivity contribution in [1.82, 2.24) is 4.90 Å². The van der Waals surface area contributed by atoms with Crippen LogP contribution in [0.25, 0.3) is 11.0 Å². The smallest absolute Gasteiger partial charge is 0.339 e. The van der Waals surface area contributed by atoms with Crippen LogP contribution in [0.1, 0.15) is 42.9 Å². The lowest BCUT2D eigenvalue weighted by Crippen LogP contribution is -2.33. The molecule has 2 heterocycles. The van der Waals surface area contributed by atoms with E-state index in [9.17, 15) is 4.79 Å². The highest BCUT2D eigenvalue weighted by molar-refractivity contribution is 5.86. The highest BCUT2D eigenvalue weighted by Crippen LogP contribution is 2.35. The summed E-state index contributed by atoms with van der Waals surface area (Å²) in [6.45, 7) is 4.63. The summed E-state index contributed by atoms with van der Waals surface area (Å²) >= 11 is 0. The van der Waals surface area contributed by atoms with Crippen LogP contribution in [0.5, 0.6) is 5.75 Å². The molecular weight excluding hydrogens is 278 g/mol. The zero-order valence-electron chi connectivity index (χ0n) is 13.0. The minimum atomic E-state index is -0.154. The molecule has 4 heteroatoms. The van der Waals surface area contributed by atoms with Crippen LogP contribution in [0.15, 0.2) is 21.3 Å². The maximum Gasteiger partial charge on any atom is 0.339 e. The van der Waals surface area contributed by atoms with E-state index >= 15 is 0 Å². The normalized spacial score (nSPS) is 17.3. The van der Waals surface area contributed by atoms with Crippen LogP contribution in [0, 0.1) is 0 Å². The average Bonchev–Trinajstić information content (AvgIpc) is 3.03. The highest BCUT2D eigenvalue weighted by atomic mass is 16.5. The molecule has 0 N–H and O–H groups in total. The van der Waals surface area contributed by atoms with E-state index in [1.54, 1.807) is 0 Å². The van der Waals surface area contributed by atoms with E-state index in [1.807, 2.05) is 6.07 Å². The van der Waals surface area contributed by atoms with Crippen LogP contribution in [-0.4, -0.2) is 18.2 Å². The second kappa shape index (κ2) is 5.43. The Hall–Kier alpha value is -1.81. The molecule has 1 aromatic heterocycles.